The van der Waals surface area contributed by atoms with Crippen LogP contribution in [0.5, 0.6) is 0 Å². The molecule has 0 saturated heterocycles. The summed E-state index contributed by atoms with van der Waals surface area (Å²) < 4.78 is 32.4. The maximum atomic E-state index is 13.5. The van der Waals surface area contributed by atoms with Crippen LogP contribution in [0.25, 0.3) is 0 Å². The molecule has 0 radical (unpaired) electrons. The first kappa shape index (κ1) is 18.4. The molecule has 22 heavy (non-hydrogen) atoms. The molecule has 124 valence electrons. The van der Waals surface area contributed by atoms with E-state index in [9.17, 15) is 8.78 Å². The van der Waals surface area contributed by atoms with Crippen LogP contribution in [0.15, 0.2) is 23.2 Å². The quantitative estimate of drug-likeness (QED) is 0.600. The van der Waals surface area contributed by atoms with Gasteiger partial charge in [-0.2, -0.15) is 0 Å². The molecule has 0 saturated carbocycles. The summed E-state index contributed by atoms with van der Waals surface area (Å²) in [7, 11) is 1.64. The molecule has 0 spiro atoms. The highest BCUT2D eigenvalue weighted by molar-refractivity contribution is 5.79. The van der Waals surface area contributed by atoms with Gasteiger partial charge in [0.15, 0.2) is 5.96 Å². The molecule has 0 aliphatic carbocycles. The van der Waals surface area contributed by atoms with Gasteiger partial charge < -0.3 is 15.4 Å². The van der Waals surface area contributed by atoms with Crippen molar-refractivity contribution in [3.8, 4) is 0 Å². The monoisotopic (exact) mass is 313 g/mol. The van der Waals surface area contributed by atoms with Gasteiger partial charge in [0.05, 0.1) is 12.1 Å². The maximum Gasteiger partial charge on any atom is 0.191 e. The van der Waals surface area contributed by atoms with Gasteiger partial charge in [0, 0.05) is 25.8 Å². The number of rotatable bonds is 7. The van der Waals surface area contributed by atoms with Crippen LogP contribution >= 0.6 is 0 Å². The predicted molar refractivity (Wildman–Crippen MR) is 85.1 cm³/mol. The highest BCUT2D eigenvalue weighted by Gasteiger charge is 2.15. The normalized spacial score (nSPS) is 12.4. The molecule has 1 aromatic rings. The summed E-state index contributed by atoms with van der Waals surface area (Å²) in [6.07, 6.45) is 0.247. The van der Waals surface area contributed by atoms with Crippen LogP contribution in [-0.2, 0) is 11.2 Å². The summed E-state index contributed by atoms with van der Waals surface area (Å²) in [6, 6.07) is 3.89. The second-order valence-electron chi connectivity index (χ2n) is 5.54. The number of methoxy groups -OCH3 is 1. The van der Waals surface area contributed by atoms with Crippen LogP contribution in [0.2, 0.25) is 0 Å². The number of benzene rings is 1. The van der Waals surface area contributed by atoms with Crippen LogP contribution in [0.3, 0.4) is 0 Å². The lowest BCUT2D eigenvalue weighted by molar-refractivity contribution is 0.0310. The van der Waals surface area contributed by atoms with Crippen molar-refractivity contribution in [1.29, 1.82) is 0 Å². The van der Waals surface area contributed by atoms with Gasteiger partial charge in [-0.15, -0.1) is 0 Å². The van der Waals surface area contributed by atoms with E-state index in [4.69, 9.17) is 4.74 Å². The highest BCUT2D eigenvalue weighted by Crippen LogP contribution is 2.12. The SMILES string of the molecule is CCNC(=NCC(C)(C)OC)NCCc1c(F)cccc1F. The molecule has 2 N–H and O–H groups in total. The molecule has 1 aromatic carbocycles. The molecule has 4 nitrogen and oxygen atoms in total. The Hall–Kier alpha value is -1.69. The highest BCUT2D eigenvalue weighted by atomic mass is 19.1. The molecule has 0 aromatic heterocycles. The first-order chi connectivity index (χ1) is 10.4. The molecule has 0 fully saturated rings. The maximum absolute atomic E-state index is 13.5. The summed E-state index contributed by atoms with van der Waals surface area (Å²) in [4.78, 5) is 4.41. The third-order valence-electron chi connectivity index (χ3n) is 3.24. The van der Waals surface area contributed by atoms with Crippen LogP contribution in [0.4, 0.5) is 8.78 Å². The molecule has 0 atom stereocenters. The number of nitrogens with one attached hydrogen (secondary N) is 2. The van der Waals surface area contributed by atoms with E-state index in [1.807, 2.05) is 20.8 Å². The topological polar surface area (TPSA) is 45.7 Å². The van der Waals surface area contributed by atoms with E-state index >= 15 is 0 Å². The lowest BCUT2D eigenvalue weighted by atomic mass is 10.1. The van der Waals surface area contributed by atoms with E-state index in [-0.39, 0.29) is 17.6 Å². The average Bonchev–Trinajstić information content (AvgIpc) is 2.48. The zero-order chi connectivity index (χ0) is 16.6. The van der Waals surface area contributed by atoms with Crippen LogP contribution < -0.4 is 10.6 Å². The van der Waals surface area contributed by atoms with E-state index in [1.54, 1.807) is 7.11 Å². The number of aliphatic imine (C=N–C) groups is 1. The number of hydrogen-bond donors (Lipinski definition) is 2. The van der Waals surface area contributed by atoms with Crippen molar-refractivity contribution in [3.05, 3.63) is 35.4 Å². The van der Waals surface area contributed by atoms with Crippen LogP contribution in [0.1, 0.15) is 26.3 Å². The van der Waals surface area contributed by atoms with Gasteiger partial charge in [-0.3, -0.25) is 4.99 Å². The number of guanidine groups is 1. The van der Waals surface area contributed by atoms with Gasteiger partial charge in [-0.1, -0.05) is 6.07 Å². The van der Waals surface area contributed by atoms with Gasteiger partial charge in [-0.25, -0.2) is 8.78 Å². The predicted octanol–water partition coefficient (Wildman–Crippen LogP) is 2.49. The fraction of sp³-hybridized carbons (Fsp3) is 0.562. The summed E-state index contributed by atoms with van der Waals surface area (Å²) in [5.41, 5.74) is -0.275. The summed E-state index contributed by atoms with van der Waals surface area (Å²) in [5.74, 6) is -0.446. The molecular weight excluding hydrogens is 288 g/mol. The summed E-state index contributed by atoms with van der Waals surface area (Å²) >= 11 is 0. The van der Waals surface area contributed by atoms with Crippen molar-refractivity contribution in [2.75, 3.05) is 26.7 Å². The van der Waals surface area contributed by atoms with Crippen molar-refractivity contribution in [2.45, 2.75) is 32.8 Å². The number of halogens is 2. The van der Waals surface area contributed by atoms with Gasteiger partial charge in [0.1, 0.15) is 11.6 Å². The van der Waals surface area contributed by atoms with Crippen LogP contribution in [0, 0.1) is 11.6 Å². The zero-order valence-corrected chi connectivity index (χ0v) is 13.7. The molecule has 6 heteroatoms. The molecule has 0 unspecified atom stereocenters. The summed E-state index contributed by atoms with van der Waals surface area (Å²) in [6.45, 7) is 7.40. The second-order valence-corrected chi connectivity index (χ2v) is 5.54. The molecule has 0 heterocycles. The Morgan fingerprint density at radius 1 is 1.23 bits per heavy atom. The molecule has 0 aliphatic rings. The third-order valence-corrected chi connectivity index (χ3v) is 3.24. The van der Waals surface area contributed by atoms with E-state index in [2.05, 4.69) is 15.6 Å². The third kappa shape index (κ3) is 5.97. The fourth-order valence-corrected chi connectivity index (χ4v) is 1.75. The Balaban J connectivity index is 2.60. The minimum absolute atomic E-state index is 0.0862. The van der Waals surface area contributed by atoms with Gasteiger partial charge in [-0.05, 0) is 39.3 Å². The largest absolute Gasteiger partial charge is 0.377 e. The lowest BCUT2D eigenvalue weighted by Gasteiger charge is -2.21. The number of nitrogens with zero attached hydrogens (tertiary/aromatic N) is 1. The lowest BCUT2D eigenvalue weighted by Crippen LogP contribution is -2.40. The Morgan fingerprint density at radius 2 is 1.86 bits per heavy atom. The smallest absolute Gasteiger partial charge is 0.191 e. The van der Waals surface area contributed by atoms with E-state index in [0.717, 1.165) is 0 Å². The van der Waals surface area contributed by atoms with Gasteiger partial charge in [0.25, 0.3) is 0 Å². The Labute approximate surface area is 131 Å². The number of ether oxygens (including phenoxy) is 1. The van der Waals surface area contributed by atoms with E-state index in [0.29, 0.717) is 25.6 Å². The van der Waals surface area contributed by atoms with Crippen molar-refractivity contribution < 1.29 is 13.5 Å². The van der Waals surface area contributed by atoms with Crippen molar-refractivity contribution >= 4 is 5.96 Å². The van der Waals surface area contributed by atoms with Crippen molar-refractivity contribution in [1.82, 2.24) is 10.6 Å². The Kier molecular flexibility index (Phi) is 7.24. The fourth-order valence-electron chi connectivity index (χ4n) is 1.75. The minimum Gasteiger partial charge on any atom is -0.377 e. The Morgan fingerprint density at radius 3 is 2.41 bits per heavy atom. The summed E-state index contributed by atoms with van der Waals surface area (Å²) in [5, 5.41) is 6.16. The molecule has 1 rings (SSSR count). The Bertz CT molecular complexity index is 484. The van der Waals surface area contributed by atoms with Gasteiger partial charge in [0.2, 0.25) is 0 Å². The first-order valence-corrected chi connectivity index (χ1v) is 7.40. The number of hydrogen-bond acceptors (Lipinski definition) is 2. The first-order valence-electron chi connectivity index (χ1n) is 7.40. The average molecular weight is 313 g/mol. The molecule has 0 bridgehead atoms. The molecule has 0 amide bonds. The molecule has 0 aliphatic heterocycles. The van der Waals surface area contributed by atoms with Crippen molar-refractivity contribution in [3.63, 3.8) is 0 Å². The van der Waals surface area contributed by atoms with Crippen molar-refractivity contribution in [2.24, 2.45) is 4.99 Å². The standard InChI is InChI=1S/C16H25F2N3O/c1-5-19-15(21-11-16(2,3)22-4)20-10-9-12-13(17)7-6-8-14(12)18/h6-8H,5,9-11H2,1-4H3,(H2,19,20,21). The van der Waals surface area contributed by atoms with Crippen LogP contribution in [-0.4, -0.2) is 38.3 Å². The van der Waals surface area contributed by atoms with E-state index < -0.39 is 11.6 Å². The zero-order valence-electron chi connectivity index (χ0n) is 13.7. The van der Waals surface area contributed by atoms with Gasteiger partial charge >= 0.3 is 0 Å². The van der Waals surface area contributed by atoms with E-state index in [1.165, 1.54) is 18.2 Å². The molecular formula is C16H25F2N3O. The second kappa shape index (κ2) is 8.68. The minimum atomic E-state index is -0.524.